The molecule has 0 aliphatic heterocycles. The monoisotopic (exact) mass is 555 g/mol. The first-order chi connectivity index (χ1) is 14.7. The quantitative estimate of drug-likeness (QED) is 0.168. The summed E-state index contributed by atoms with van der Waals surface area (Å²) in [5.74, 6) is 1.85. The van der Waals surface area contributed by atoms with Crippen molar-refractivity contribution in [3.63, 3.8) is 0 Å². The minimum absolute atomic E-state index is 0. The number of nitrogens with one attached hydrogen (secondary N) is 2. The van der Waals surface area contributed by atoms with Gasteiger partial charge in [0.1, 0.15) is 0 Å². The number of halogens is 2. The Morgan fingerprint density at radius 2 is 1.87 bits per heavy atom. The molecule has 31 heavy (non-hydrogen) atoms. The fourth-order valence-electron chi connectivity index (χ4n) is 2.69. The number of guanidine groups is 1. The Morgan fingerprint density at radius 1 is 1.10 bits per heavy atom. The van der Waals surface area contributed by atoms with Crippen molar-refractivity contribution < 1.29 is 9.26 Å². The van der Waals surface area contributed by atoms with E-state index in [0.29, 0.717) is 49.5 Å². The molecule has 0 saturated heterocycles. The smallest absolute Gasteiger partial charge is 0.228 e. The maximum absolute atomic E-state index is 5.91. The van der Waals surface area contributed by atoms with E-state index in [1.807, 2.05) is 49.4 Å². The molecule has 7 nitrogen and oxygen atoms in total. The first kappa shape index (κ1) is 25.1. The lowest BCUT2D eigenvalue weighted by atomic mass is 10.2. The van der Waals surface area contributed by atoms with Gasteiger partial charge >= 0.3 is 0 Å². The molecule has 0 spiro atoms. The zero-order valence-electron chi connectivity index (χ0n) is 17.4. The van der Waals surface area contributed by atoms with Crippen molar-refractivity contribution in [2.45, 2.75) is 20.0 Å². The summed E-state index contributed by atoms with van der Waals surface area (Å²) in [7, 11) is 0. The number of hydrogen-bond acceptors (Lipinski definition) is 5. The Morgan fingerprint density at radius 3 is 2.61 bits per heavy atom. The minimum Gasteiger partial charge on any atom is -0.375 e. The van der Waals surface area contributed by atoms with Crippen LogP contribution >= 0.6 is 35.6 Å². The molecule has 1 heterocycles. The molecule has 0 amide bonds. The zero-order chi connectivity index (χ0) is 21.0. The molecule has 0 bridgehead atoms. The molecule has 0 saturated carbocycles. The molecule has 0 aliphatic rings. The molecule has 2 N–H and O–H groups in total. The Hall–Kier alpha value is -2.17. The lowest BCUT2D eigenvalue weighted by molar-refractivity contribution is 0.128. The molecule has 0 fully saturated rings. The molecule has 0 aliphatic carbocycles. The molecule has 3 rings (SSSR count). The predicted octanol–water partition coefficient (Wildman–Crippen LogP) is 4.32. The van der Waals surface area contributed by atoms with Gasteiger partial charge in [-0.1, -0.05) is 47.1 Å². The lowest BCUT2D eigenvalue weighted by Crippen LogP contribution is -2.38. The number of hydrogen-bond donors (Lipinski definition) is 2. The third kappa shape index (κ3) is 8.84. The van der Waals surface area contributed by atoms with Gasteiger partial charge in [0.2, 0.25) is 11.7 Å². The summed E-state index contributed by atoms with van der Waals surface area (Å²) in [5, 5.41) is 11.2. The van der Waals surface area contributed by atoms with Crippen LogP contribution in [-0.4, -0.2) is 42.3 Å². The standard InChI is InChI=1S/C22H26ClN5O2.HI/c1-2-24-22(26-14-15-29-16-17-6-4-3-5-7-17)25-13-12-20-27-21(28-30-20)18-8-10-19(23)11-9-18;/h3-11H,2,12-16H2,1H3,(H2,24,25,26);1H. The fraction of sp³-hybridized carbons (Fsp3) is 0.318. The predicted molar refractivity (Wildman–Crippen MR) is 134 cm³/mol. The minimum atomic E-state index is 0. The lowest BCUT2D eigenvalue weighted by Gasteiger charge is -2.10. The highest BCUT2D eigenvalue weighted by Crippen LogP contribution is 2.18. The molecular weight excluding hydrogens is 529 g/mol. The summed E-state index contributed by atoms with van der Waals surface area (Å²) in [4.78, 5) is 8.95. The number of nitrogens with zero attached hydrogens (tertiary/aromatic N) is 3. The summed E-state index contributed by atoms with van der Waals surface area (Å²) in [5.41, 5.74) is 2.02. The van der Waals surface area contributed by atoms with Crippen molar-refractivity contribution in [2.75, 3.05) is 26.2 Å². The van der Waals surface area contributed by atoms with Gasteiger partial charge in [0.05, 0.1) is 19.8 Å². The molecule has 166 valence electrons. The van der Waals surface area contributed by atoms with Gasteiger partial charge in [0.25, 0.3) is 0 Å². The topological polar surface area (TPSA) is 84.6 Å². The van der Waals surface area contributed by atoms with Crippen LogP contribution in [0.5, 0.6) is 0 Å². The normalized spacial score (nSPS) is 11.1. The highest BCUT2D eigenvalue weighted by atomic mass is 127. The van der Waals surface area contributed by atoms with Crippen LogP contribution in [0.1, 0.15) is 18.4 Å². The second-order valence-electron chi connectivity index (χ2n) is 6.49. The first-order valence-corrected chi connectivity index (χ1v) is 10.3. The van der Waals surface area contributed by atoms with E-state index in [4.69, 9.17) is 20.9 Å². The third-order valence-corrected chi connectivity index (χ3v) is 4.42. The van der Waals surface area contributed by atoms with Gasteiger partial charge in [0.15, 0.2) is 5.96 Å². The SMILES string of the molecule is CCNC(=NCCOCc1ccccc1)NCCc1nc(-c2ccc(Cl)cc2)no1.I. The zero-order valence-corrected chi connectivity index (χ0v) is 20.5. The van der Waals surface area contributed by atoms with Crippen LogP contribution in [0, 0.1) is 0 Å². The maximum Gasteiger partial charge on any atom is 0.228 e. The fourth-order valence-corrected chi connectivity index (χ4v) is 2.81. The highest BCUT2D eigenvalue weighted by molar-refractivity contribution is 14.0. The summed E-state index contributed by atoms with van der Waals surface area (Å²) in [6, 6.07) is 17.4. The average molecular weight is 556 g/mol. The molecule has 9 heteroatoms. The van der Waals surface area contributed by atoms with Crippen LogP contribution in [-0.2, 0) is 17.8 Å². The largest absolute Gasteiger partial charge is 0.375 e. The molecular formula is C22H27ClIN5O2. The van der Waals surface area contributed by atoms with E-state index >= 15 is 0 Å². The molecule has 3 aromatic rings. The van der Waals surface area contributed by atoms with Crippen molar-refractivity contribution in [1.82, 2.24) is 20.8 Å². The van der Waals surface area contributed by atoms with Crippen molar-refractivity contribution in [3.05, 3.63) is 71.1 Å². The first-order valence-electron chi connectivity index (χ1n) is 9.97. The number of rotatable bonds is 10. The highest BCUT2D eigenvalue weighted by Gasteiger charge is 2.08. The van der Waals surface area contributed by atoms with E-state index in [-0.39, 0.29) is 24.0 Å². The van der Waals surface area contributed by atoms with Gasteiger partial charge in [-0.05, 0) is 36.8 Å². The second kappa shape index (κ2) is 14.0. The number of ether oxygens (including phenoxy) is 1. The molecule has 0 atom stereocenters. The van der Waals surface area contributed by atoms with Gasteiger partial charge < -0.3 is 19.9 Å². The van der Waals surface area contributed by atoms with Gasteiger partial charge in [-0.2, -0.15) is 4.98 Å². The number of aliphatic imine (C=N–C) groups is 1. The van der Waals surface area contributed by atoms with E-state index in [0.717, 1.165) is 23.6 Å². The summed E-state index contributed by atoms with van der Waals surface area (Å²) < 4.78 is 11.0. The molecule has 2 aromatic carbocycles. The van der Waals surface area contributed by atoms with E-state index < -0.39 is 0 Å². The van der Waals surface area contributed by atoms with Gasteiger partial charge in [-0.15, -0.1) is 24.0 Å². The molecule has 1 aromatic heterocycles. The van der Waals surface area contributed by atoms with E-state index in [9.17, 15) is 0 Å². The van der Waals surface area contributed by atoms with Gasteiger partial charge in [-0.25, -0.2) is 0 Å². The summed E-state index contributed by atoms with van der Waals surface area (Å²) >= 11 is 5.91. The summed E-state index contributed by atoms with van der Waals surface area (Å²) in [6.07, 6.45) is 0.593. The van der Waals surface area contributed by atoms with E-state index in [1.54, 1.807) is 12.1 Å². The van der Waals surface area contributed by atoms with Gasteiger partial charge in [0, 0.05) is 30.1 Å². The molecule has 0 unspecified atom stereocenters. The van der Waals surface area contributed by atoms with Crippen molar-refractivity contribution >= 4 is 41.5 Å². The van der Waals surface area contributed by atoms with Crippen molar-refractivity contribution in [2.24, 2.45) is 4.99 Å². The molecule has 0 radical (unpaired) electrons. The Labute approximate surface area is 204 Å². The van der Waals surface area contributed by atoms with Crippen LogP contribution in [0.4, 0.5) is 0 Å². The summed E-state index contributed by atoms with van der Waals surface area (Å²) in [6.45, 7) is 5.15. The van der Waals surface area contributed by atoms with Crippen LogP contribution < -0.4 is 10.6 Å². The Bertz CT molecular complexity index is 919. The number of aromatic nitrogens is 2. The maximum atomic E-state index is 5.91. The van der Waals surface area contributed by atoms with E-state index in [1.165, 1.54) is 0 Å². The van der Waals surface area contributed by atoms with Gasteiger partial charge in [-0.3, -0.25) is 4.99 Å². The van der Waals surface area contributed by atoms with Crippen LogP contribution in [0.3, 0.4) is 0 Å². The second-order valence-corrected chi connectivity index (χ2v) is 6.93. The van der Waals surface area contributed by atoms with Crippen molar-refractivity contribution in [1.29, 1.82) is 0 Å². The Balaban J connectivity index is 0.00000341. The average Bonchev–Trinajstić information content (AvgIpc) is 3.23. The van der Waals surface area contributed by atoms with E-state index in [2.05, 4.69) is 25.8 Å². The number of benzene rings is 2. The van der Waals surface area contributed by atoms with Crippen LogP contribution in [0.2, 0.25) is 5.02 Å². The Kier molecular flexibility index (Phi) is 11.3. The third-order valence-electron chi connectivity index (χ3n) is 4.16. The van der Waals surface area contributed by atoms with Crippen LogP contribution in [0.15, 0.2) is 64.1 Å². The van der Waals surface area contributed by atoms with Crippen molar-refractivity contribution in [3.8, 4) is 11.4 Å². The van der Waals surface area contributed by atoms with Crippen LogP contribution in [0.25, 0.3) is 11.4 Å².